The second-order valence-electron chi connectivity index (χ2n) is 8.94. The van der Waals surface area contributed by atoms with E-state index in [-0.39, 0.29) is 29.3 Å². The first-order valence-electron chi connectivity index (χ1n) is 10.2. The molecule has 164 valence electrons. The van der Waals surface area contributed by atoms with Crippen LogP contribution in [0.4, 0.5) is 18.9 Å². The maximum Gasteiger partial charge on any atom is 0.416 e. The quantitative estimate of drug-likeness (QED) is 0.660. The Morgan fingerprint density at radius 1 is 1.09 bits per heavy atom. The van der Waals surface area contributed by atoms with Gasteiger partial charge in [-0.15, -0.1) is 0 Å². The molecule has 0 amide bonds. The van der Waals surface area contributed by atoms with Gasteiger partial charge in [0.15, 0.2) is 5.78 Å². The van der Waals surface area contributed by atoms with E-state index in [0.717, 1.165) is 17.7 Å². The molecule has 32 heavy (non-hydrogen) atoms. The third-order valence-corrected chi connectivity index (χ3v) is 5.95. The number of anilines is 1. The number of halogens is 3. The van der Waals surface area contributed by atoms with Crippen LogP contribution in [-0.4, -0.2) is 5.78 Å². The number of allylic oxidation sites excluding steroid dienone is 3. The Morgan fingerprint density at radius 2 is 1.78 bits per heavy atom. The van der Waals surface area contributed by atoms with Crippen molar-refractivity contribution in [1.29, 1.82) is 5.26 Å². The Kier molecular flexibility index (Phi) is 5.12. The Bertz CT molecular complexity index is 1190. The predicted molar refractivity (Wildman–Crippen MR) is 115 cm³/mol. The molecule has 2 aromatic carbocycles. The van der Waals surface area contributed by atoms with Gasteiger partial charge in [-0.3, -0.25) is 9.69 Å². The number of carbonyl (C=O) groups is 1. The van der Waals surface area contributed by atoms with E-state index in [1.807, 2.05) is 44.2 Å². The maximum atomic E-state index is 13.4. The van der Waals surface area contributed by atoms with Crippen LogP contribution in [0.5, 0.6) is 0 Å². The number of nitrogens with zero attached hydrogens (tertiary/aromatic N) is 2. The highest BCUT2D eigenvalue weighted by Crippen LogP contribution is 2.50. The monoisotopic (exact) mass is 437 g/mol. The Labute approximate surface area is 184 Å². The summed E-state index contributed by atoms with van der Waals surface area (Å²) < 4.78 is 40.2. The highest BCUT2D eigenvalue weighted by atomic mass is 19.4. The first-order valence-corrected chi connectivity index (χ1v) is 10.2. The van der Waals surface area contributed by atoms with Crippen LogP contribution in [0.1, 0.15) is 43.7 Å². The van der Waals surface area contributed by atoms with E-state index in [0.29, 0.717) is 17.7 Å². The van der Waals surface area contributed by atoms with Crippen LogP contribution in [0.25, 0.3) is 0 Å². The minimum absolute atomic E-state index is 0.0462. The summed E-state index contributed by atoms with van der Waals surface area (Å²) in [6.45, 7) is 3.88. The minimum Gasteiger partial charge on any atom is -0.384 e. The molecular formula is C25H22F3N3O. The SMILES string of the molecule is CC1(C)CC(=O)C2=C(C1)N(c1cccc(C(F)(F)F)c1)C(N)=C(C#N)[C@H]2c1ccccc1. The van der Waals surface area contributed by atoms with Crippen molar-refractivity contribution in [2.75, 3.05) is 4.90 Å². The lowest BCUT2D eigenvalue weighted by Crippen LogP contribution is -2.42. The zero-order valence-corrected chi connectivity index (χ0v) is 17.7. The highest BCUT2D eigenvalue weighted by molar-refractivity contribution is 6.01. The van der Waals surface area contributed by atoms with Crippen LogP contribution in [0.2, 0.25) is 0 Å². The van der Waals surface area contributed by atoms with Gasteiger partial charge in [0.2, 0.25) is 0 Å². The lowest BCUT2D eigenvalue weighted by atomic mass is 9.68. The summed E-state index contributed by atoms with van der Waals surface area (Å²) in [6, 6.07) is 16.0. The van der Waals surface area contributed by atoms with Gasteiger partial charge in [0.05, 0.1) is 23.1 Å². The van der Waals surface area contributed by atoms with Gasteiger partial charge >= 0.3 is 6.18 Å². The number of ketones is 1. The molecule has 0 spiro atoms. The molecule has 4 rings (SSSR count). The van der Waals surface area contributed by atoms with Crippen molar-refractivity contribution in [3.8, 4) is 6.07 Å². The average molecular weight is 437 g/mol. The number of nitriles is 1. The molecule has 1 aliphatic heterocycles. The molecule has 0 radical (unpaired) electrons. The third-order valence-electron chi connectivity index (χ3n) is 5.95. The molecule has 2 aromatic rings. The lowest BCUT2D eigenvalue weighted by molar-refractivity contribution is -0.137. The third kappa shape index (κ3) is 3.66. The summed E-state index contributed by atoms with van der Waals surface area (Å²) >= 11 is 0. The van der Waals surface area contributed by atoms with Crippen LogP contribution < -0.4 is 10.6 Å². The van der Waals surface area contributed by atoms with Gasteiger partial charge in [0.25, 0.3) is 0 Å². The summed E-state index contributed by atoms with van der Waals surface area (Å²) in [6.07, 6.45) is -3.81. The Morgan fingerprint density at radius 3 is 2.41 bits per heavy atom. The number of Topliss-reactive ketones (excluding diaryl/α,β-unsaturated/α-hetero) is 1. The van der Waals surface area contributed by atoms with Crippen molar-refractivity contribution in [2.24, 2.45) is 11.1 Å². The van der Waals surface area contributed by atoms with E-state index < -0.39 is 23.1 Å². The van der Waals surface area contributed by atoms with Crippen molar-refractivity contribution in [3.05, 3.63) is 88.4 Å². The molecule has 0 bridgehead atoms. The summed E-state index contributed by atoms with van der Waals surface area (Å²) in [5.74, 6) is -0.728. The van der Waals surface area contributed by atoms with Crippen molar-refractivity contribution in [3.63, 3.8) is 0 Å². The highest BCUT2D eigenvalue weighted by Gasteiger charge is 2.45. The molecule has 1 atom stereocenters. The largest absolute Gasteiger partial charge is 0.416 e. The van der Waals surface area contributed by atoms with Crippen molar-refractivity contribution in [2.45, 2.75) is 38.8 Å². The fourth-order valence-corrected chi connectivity index (χ4v) is 4.60. The van der Waals surface area contributed by atoms with Gasteiger partial charge in [-0.25, -0.2) is 0 Å². The lowest BCUT2D eigenvalue weighted by Gasteiger charge is -2.43. The average Bonchev–Trinajstić information content (AvgIpc) is 2.72. The molecule has 2 aliphatic rings. The first kappa shape index (κ1) is 21.7. The summed E-state index contributed by atoms with van der Waals surface area (Å²) in [5.41, 5.74) is 7.28. The molecule has 1 heterocycles. The first-order chi connectivity index (χ1) is 15.0. The van der Waals surface area contributed by atoms with Crippen molar-refractivity contribution in [1.82, 2.24) is 0 Å². The Hall–Kier alpha value is -3.53. The fraction of sp³-hybridized carbons (Fsp3) is 0.280. The zero-order chi connectivity index (χ0) is 23.3. The van der Waals surface area contributed by atoms with Gasteiger partial charge < -0.3 is 5.73 Å². The molecule has 7 heteroatoms. The zero-order valence-electron chi connectivity index (χ0n) is 17.7. The number of rotatable bonds is 2. The molecule has 0 fully saturated rings. The van der Waals surface area contributed by atoms with Gasteiger partial charge in [-0.05, 0) is 35.6 Å². The van der Waals surface area contributed by atoms with Crippen LogP contribution in [-0.2, 0) is 11.0 Å². The predicted octanol–water partition coefficient (Wildman–Crippen LogP) is 5.65. The van der Waals surface area contributed by atoms with Crippen LogP contribution in [0, 0.1) is 16.7 Å². The molecule has 0 saturated carbocycles. The van der Waals surface area contributed by atoms with E-state index in [1.54, 1.807) is 0 Å². The van der Waals surface area contributed by atoms with E-state index in [2.05, 4.69) is 6.07 Å². The number of alkyl halides is 3. The number of carbonyl (C=O) groups excluding carboxylic acids is 1. The van der Waals surface area contributed by atoms with E-state index in [4.69, 9.17) is 5.73 Å². The topological polar surface area (TPSA) is 70.1 Å². The summed E-state index contributed by atoms with van der Waals surface area (Å²) in [4.78, 5) is 14.8. The summed E-state index contributed by atoms with van der Waals surface area (Å²) in [5, 5.41) is 9.99. The fourth-order valence-electron chi connectivity index (χ4n) is 4.60. The van der Waals surface area contributed by atoms with E-state index in [1.165, 1.54) is 17.0 Å². The van der Waals surface area contributed by atoms with E-state index in [9.17, 15) is 23.2 Å². The molecule has 0 saturated heterocycles. The second-order valence-corrected chi connectivity index (χ2v) is 8.94. The van der Waals surface area contributed by atoms with Crippen molar-refractivity contribution >= 4 is 11.5 Å². The molecule has 1 aliphatic carbocycles. The molecular weight excluding hydrogens is 415 g/mol. The Balaban J connectivity index is 1.99. The number of nitrogens with two attached hydrogens (primary N) is 1. The van der Waals surface area contributed by atoms with Crippen LogP contribution in [0.15, 0.2) is 77.3 Å². The van der Waals surface area contributed by atoms with Crippen molar-refractivity contribution < 1.29 is 18.0 Å². The number of hydrogen-bond acceptors (Lipinski definition) is 4. The normalized spacial score (nSPS) is 20.8. The molecule has 4 nitrogen and oxygen atoms in total. The van der Waals surface area contributed by atoms with Gasteiger partial charge in [-0.2, -0.15) is 18.4 Å². The number of benzene rings is 2. The second kappa shape index (κ2) is 7.56. The van der Waals surface area contributed by atoms with Gasteiger partial charge in [0, 0.05) is 23.4 Å². The van der Waals surface area contributed by atoms with Crippen LogP contribution >= 0.6 is 0 Å². The molecule has 0 unspecified atom stereocenters. The minimum atomic E-state index is -4.53. The molecule has 2 N–H and O–H groups in total. The smallest absolute Gasteiger partial charge is 0.384 e. The standard InChI is InChI=1S/C25H22F3N3O/c1-24(2)12-19-22(20(32)13-24)21(15-7-4-3-5-8-15)18(14-29)23(30)31(19)17-10-6-9-16(11-17)25(26,27)28/h3-11,21H,12-13,30H2,1-2H3/t21-/m1/s1. The van der Waals surface area contributed by atoms with Gasteiger partial charge in [-0.1, -0.05) is 50.2 Å². The van der Waals surface area contributed by atoms with Gasteiger partial charge in [0.1, 0.15) is 5.82 Å². The number of hydrogen-bond donors (Lipinski definition) is 1. The van der Waals surface area contributed by atoms with E-state index >= 15 is 0 Å². The maximum absolute atomic E-state index is 13.4. The molecule has 0 aromatic heterocycles. The summed E-state index contributed by atoms with van der Waals surface area (Å²) in [7, 11) is 0. The van der Waals surface area contributed by atoms with Crippen LogP contribution in [0.3, 0.4) is 0 Å².